The van der Waals surface area contributed by atoms with Gasteiger partial charge < -0.3 is 14.9 Å². The quantitative estimate of drug-likeness (QED) is 0.819. The number of anilines is 1. The second-order valence-corrected chi connectivity index (χ2v) is 7.03. The van der Waals surface area contributed by atoms with Gasteiger partial charge in [-0.1, -0.05) is 48.0 Å². The molecule has 0 aliphatic carbocycles. The molecule has 0 saturated carbocycles. The monoisotopic (exact) mass is 366 g/mol. The maximum atomic E-state index is 13.0. The van der Waals surface area contributed by atoms with Crippen LogP contribution in [0.15, 0.2) is 54.6 Å². The number of carbonyl (C=O) groups is 2. The molecule has 5 nitrogen and oxygen atoms in total. The van der Waals surface area contributed by atoms with Crippen molar-refractivity contribution in [1.29, 1.82) is 0 Å². The van der Waals surface area contributed by atoms with E-state index in [0.29, 0.717) is 19.6 Å². The molecule has 1 atom stereocenters. The number of amides is 2. The van der Waals surface area contributed by atoms with Gasteiger partial charge in [0.1, 0.15) is 0 Å². The molecule has 1 aliphatic heterocycles. The Labute approximate surface area is 160 Å². The van der Waals surface area contributed by atoms with E-state index in [1.807, 2.05) is 61.5 Å². The third-order valence-corrected chi connectivity index (χ3v) is 5.01. The average Bonchev–Trinajstić information content (AvgIpc) is 3.08. The average molecular weight is 366 g/mol. The Bertz CT molecular complexity index is 774. The molecule has 1 saturated heterocycles. The van der Waals surface area contributed by atoms with Crippen LogP contribution in [0.5, 0.6) is 0 Å². The van der Waals surface area contributed by atoms with E-state index in [9.17, 15) is 14.7 Å². The van der Waals surface area contributed by atoms with Gasteiger partial charge in [-0.25, -0.2) is 0 Å². The van der Waals surface area contributed by atoms with E-state index in [1.54, 1.807) is 9.80 Å². The minimum Gasteiger partial charge on any atom is -0.395 e. The lowest BCUT2D eigenvalue weighted by Gasteiger charge is -2.25. The van der Waals surface area contributed by atoms with Crippen molar-refractivity contribution in [2.75, 3.05) is 31.1 Å². The number of aryl methyl sites for hydroxylation is 1. The Morgan fingerprint density at radius 2 is 1.81 bits per heavy atom. The third kappa shape index (κ3) is 4.74. The van der Waals surface area contributed by atoms with Gasteiger partial charge in [-0.2, -0.15) is 0 Å². The summed E-state index contributed by atoms with van der Waals surface area (Å²) in [6.07, 6.45) is 0.953. The first-order chi connectivity index (χ1) is 13.1. The number of rotatable bonds is 7. The zero-order valence-corrected chi connectivity index (χ0v) is 15.7. The van der Waals surface area contributed by atoms with Crippen molar-refractivity contribution >= 4 is 17.5 Å². The van der Waals surface area contributed by atoms with Crippen LogP contribution in [0, 0.1) is 12.8 Å². The van der Waals surface area contributed by atoms with Gasteiger partial charge >= 0.3 is 0 Å². The molecule has 2 amide bonds. The fourth-order valence-electron chi connectivity index (χ4n) is 3.47. The summed E-state index contributed by atoms with van der Waals surface area (Å²) < 4.78 is 0. The van der Waals surface area contributed by atoms with Crippen LogP contribution in [-0.2, 0) is 16.0 Å². The van der Waals surface area contributed by atoms with Crippen LogP contribution >= 0.6 is 0 Å². The van der Waals surface area contributed by atoms with Crippen molar-refractivity contribution in [1.82, 2.24) is 4.90 Å². The molecule has 1 N–H and O–H groups in total. The maximum absolute atomic E-state index is 13.0. The molecule has 27 heavy (non-hydrogen) atoms. The molecule has 0 aromatic heterocycles. The number of hydrogen-bond donors (Lipinski definition) is 1. The lowest BCUT2D eigenvalue weighted by atomic mass is 10.1. The van der Waals surface area contributed by atoms with Gasteiger partial charge in [0, 0.05) is 31.7 Å². The second kappa shape index (κ2) is 8.82. The highest BCUT2D eigenvalue weighted by atomic mass is 16.3. The number of benzene rings is 2. The number of hydrogen-bond acceptors (Lipinski definition) is 3. The van der Waals surface area contributed by atoms with E-state index in [2.05, 4.69) is 0 Å². The fourth-order valence-corrected chi connectivity index (χ4v) is 3.47. The summed E-state index contributed by atoms with van der Waals surface area (Å²) in [5.41, 5.74) is 3.11. The normalized spacial score (nSPS) is 16.6. The first kappa shape index (κ1) is 19.1. The Hall–Kier alpha value is -2.66. The van der Waals surface area contributed by atoms with E-state index in [-0.39, 0.29) is 30.8 Å². The van der Waals surface area contributed by atoms with Crippen molar-refractivity contribution in [3.05, 3.63) is 65.7 Å². The summed E-state index contributed by atoms with van der Waals surface area (Å²) in [5, 5.41) is 9.36. The summed E-state index contributed by atoms with van der Waals surface area (Å²) in [6, 6.07) is 17.7. The molecular weight excluding hydrogens is 340 g/mol. The molecule has 1 heterocycles. The summed E-state index contributed by atoms with van der Waals surface area (Å²) in [7, 11) is 0. The number of aliphatic hydroxyl groups excluding tert-OH is 1. The summed E-state index contributed by atoms with van der Waals surface area (Å²) in [5.74, 6) is -0.437. The molecule has 1 unspecified atom stereocenters. The highest BCUT2D eigenvalue weighted by molar-refractivity contribution is 6.00. The molecule has 0 bridgehead atoms. The summed E-state index contributed by atoms with van der Waals surface area (Å²) >= 11 is 0. The van der Waals surface area contributed by atoms with Crippen molar-refractivity contribution in [2.24, 2.45) is 5.92 Å². The van der Waals surface area contributed by atoms with Gasteiger partial charge in [-0.3, -0.25) is 9.59 Å². The number of carbonyl (C=O) groups excluding carboxylic acids is 2. The van der Waals surface area contributed by atoms with Gasteiger partial charge in [0.15, 0.2) is 0 Å². The van der Waals surface area contributed by atoms with Crippen molar-refractivity contribution in [3.8, 4) is 0 Å². The van der Waals surface area contributed by atoms with Gasteiger partial charge in [0.2, 0.25) is 11.8 Å². The van der Waals surface area contributed by atoms with Crippen LogP contribution in [0.25, 0.3) is 0 Å². The lowest BCUT2D eigenvalue weighted by Crippen LogP contribution is -2.40. The molecule has 5 heteroatoms. The summed E-state index contributed by atoms with van der Waals surface area (Å²) in [4.78, 5) is 28.8. The van der Waals surface area contributed by atoms with Crippen molar-refractivity contribution in [2.45, 2.75) is 19.8 Å². The zero-order chi connectivity index (χ0) is 19.2. The van der Waals surface area contributed by atoms with Crippen LogP contribution in [0.1, 0.15) is 17.5 Å². The van der Waals surface area contributed by atoms with E-state index >= 15 is 0 Å². The molecule has 0 radical (unpaired) electrons. The largest absolute Gasteiger partial charge is 0.395 e. The maximum Gasteiger partial charge on any atom is 0.228 e. The third-order valence-electron chi connectivity index (χ3n) is 5.01. The topological polar surface area (TPSA) is 60.9 Å². The standard InChI is InChI=1S/C22H26N2O3/c1-17-7-9-20(10-8-17)24-16-19(15-21(24)26)22(27)23(13-14-25)12-11-18-5-3-2-4-6-18/h2-10,19,25H,11-16H2,1H3. The predicted octanol–water partition coefficient (Wildman–Crippen LogP) is 2.41. The van der Waals surface area contributed by atoms with Gasteiger partial charge in [0.25, 0.3) is 0 Å². The Kier molecular flexibility index (Phi) is 6.24. The van der Waals surface area contributed by atoms with E-state index in [0.717, 1.165) is 23.2 Å². The zero-order valence-electron chi connectivity index (χ0n) is 15.7. The van der Waals surface area contributed by atoms with Crippen molar-refractivity contribution < 1.29 is 14.7 Å². The minimum atomic E-state index is -0.360. The molecule has 1 fully saturated rings. The number of aliphatic hydroxyl groups is 1. The first-order valence-corrected chi connectivity index (χ1v) is 9.39. The molecule has 0 spiro atoms. The van der Waals surface area contributed by atoms with Gasteiger partial charge in [-0.05, 0) is 31.0 Å². The Balaban J connectivity index is 1.65. The molecule has 3 rings (SSSR count). The molecule has 2 aromatic carbocycles. The van der Waals surface area contributed by atoms with Crippen LogP contribution in [0.4, 0.5) is 5.69 Å². The van der Waals surface area contributed by atoms with Crippen LogP contribution in [0.3, 0.4) is 0 Å². The Morgan fingerprint density at radius 3 is 2.48 bits per heavy atom. The summed E-state index contributed by atoms with van der Waals surface area (Å²) in [6.45, 7) is 3.15. The van der Waals surface area contributed by atoms with Crippen molar-refractivity contribution in [3.63, 3.8) is 0 Å². The van der Waals surface area contributed by atoms with Crippen LogP contribution in [-0.4, -0.2) is 48.1 Å². The fraction of sp³-hybridized carbons (Fsp3) is 0.364. The molecule has 142 valence electrons. The molecular formula is C22H26N2O3. The lowest BCUT2D eigenvalue weighted by molar-refractivity contribution is -0.136. The predicted molar refractivity (Wildman–Crippen MR) is 105 cm³/mol. The first-order valence-electron chi connectivity index (χ1n) is 9.39. The minimum absolute atomic E-state index is 0.0239. The smallest absolute Gasteiger partial charge is 0.228 e. The van der Waals surface area contributed by atoms with E-state index in [1.165, 1.54) is 0 Å². The number of nitrogens with zero attached hydrogens (tertiary/aromatic N) is 2. The highest BCUT2D eigenvalue weighted by Crippen LogP contribution is 2.26. The SMILES string of the molecule is Cc1ccc(N2CC(C(=O)N(CCO)CCc3ccccc3)CC2=O)cc1. The van der Waals surface area contributed by atoms with Crippen LogP contribution in [0.2, 0.25) is 0 Å². The van der Waals surface area contributed by atoms with Crippen LogP contribution < -0.4 is 4.90 Å². The highest BCUT2D eigenvalue weighted by Gasteiger charge is 2.37. The second-order valence-electron chi connectivity index (χ2n) is 7.03. The van der Waals surface area contributed by atoms with E-state index < -0.39 is 0 Å². The van der Waals surface area contributed by atoms with Gasteiger partial charge in [-0.15, -0.1) is 0 Å². The molecule has 2 aromatic rings. The van der Waals surface area contributed by atoms with Gasteiger partial charge in [0.05, 0.1) is 12.5 Å². The van der Waals surface area contributed by atoms with E-state index in [4.69, 9.17) is 0 Å². The Morgan fingerprint density at radius 1 is 1.11 bits per heavy atom. The molecule has 1 aliphatic rings.